The number of anilines is 1. The predicted octanol–water partition coefficient (Wildman–Crippen LogP) is 2.99. The molecule has 6 nitrogen and oxygen atoms in total. The molecule has 0 unspecified atom stereocenters. The molecule has 0 spiro atoms. The minimum absolute atomic E-state index is 0.144. The van der Waals surface area contributed by atoms with Gasteiger partial charge < -0.3 is 10.1 Å². The highest BCUT2D eigenvalue weighted by atomic mass is 32.2. The van der Waals surface area contributed by atoms with Crippen molar-refractivity contribution in [1.82, 2.24) is 4.72 Å². The molecule has 0 bridgehead atoms. The zero-order valence-corrected chi connectivity index (χ0v) is 16.3. The molecule has 1 aromatic rings. The minimum Gasteiger partial charge on any atom is -0.378 e. The van der Waals surface area contributed by atoms with Crippen molar-refractivity contribution >= 4 is 33.4 Å². The molecule has 0 heterocycles. The Morgan fingerprint density at radius 3 is 2.68 bits per heavy atom. The predicted molar refractivity (Wildman–Crippen MR) is 101 cm³/mol. The van der Waals surface area contributed by atoms with E-state index in [-0.39, 0.29) is 10.8 Å². The molecule has 1 aliphatic carbocycles. The molecular formula is C17H26N2O4S2. The molecule has 1 amide bonds. The molecule has 2 rings (SSSR count). The number of nitrogens with one attached hydrogen (secondary N) is 2. The molecule has 0 aliphatic heterocycles. The largest absolute Gasteiger partial charge is 0.378 e. The van der Waals surface area contributed by atoms with E-state index in [0.29, 0.717) is 31.4 Å². The molecule has 2 N–H and O–H groups in total. The van der Waals surface area contributed by atoms with Crippen LogP contribution in [0.2, 0.25) is 0 Å². The van der Waals surface area contributed by atoms with Crippen LogP contribution in [0.3, 0.4) is 0 Å². The summed E-state index contributed by atoms with van der Waals surface area (Å²) in [6, 6.07) is 4.74. The summed E-state index contributed by atoms with van der Waals surface area (Å²) in [7, 11) is -3.61. The summed E-state index contributed by atoms with van der Waals surface area (Å²) in [5, 5.41) is 2.67. The van der Waals surface area contributed by atoms with Crippen molar-refractivity contribution in [2.45, 2.75) is 54.9 Å². The van der Waals surface area contributed by atoms with Crippen LogP contribution >= 0.6 is 11.8 Å². The van der Waals surface area contributed by atoms with Crippen molar-refractivity contribution in [3.8, 4) is 0 Å². The van der Waals surface area contributed by atoms with Crippen LogP contribution in [-0.2, 0) is 19.6 Å². The van der Waals surface area contributed by atoms with Gasteiger partial charge in [-0.3, -0.25) is 4.79 Å². The second-order valence-electron chi connectivity index (χ2n) is 6.07. The number of hydrogen-bond acceptors (Lipinski definition) is 5. The van der Waals surface area contributed by atoms with Gasteiger partial charge in [0, 0.05) is 25.0 Å². The topological polar surface area (TPSA) is 84.5 Å². The Morgan fingerprint density at radius 1 is 1.32 bits per heavy atom. The lowest BCUT2D eigenvalue weighted by atomic mass is 10.3. The monoisotopic (exact) mass is 386 g/mol. The van der Waals surface area contributed by atoms with Gasteiger partial charge in [0.05, 0.1) is 16.7 Å². The Bertz CT molecular complexity index is 686. The van der Waals surface area contributed by atoms with E-state index in [1.165, 1.54) is 37.6 Å². The molecule has 0 saturated heterocycles. The van der Waals surface area contributed by atoms with E-state index in [1.807, 2.05) is 6.26 Å². The first-order valence-electron chi connectivity index (χ1n) is 8.49. The Kier molecular flexibility index (Phi) is 7.74. The van der Waals surface area contributed by atoms with Gasteiger partial charge in [-0.15, -0.1) is 11.8 Å². The van der Waals surface area contributed by atoms with E-state index in [4.69, 9.17) is 4.74 Å². The summed E-state index contributed by atoms with van der Waals surface area (Å²) >= 11 is 1.45. The summed E-state index contributed by atoms with van der Waals surface area (Å²) in [5.74, 6) is -0.234. The molecule has 0 radical (unpaired) electrons. The summed E-state index contributed by atoms with van der Waals surface area (Å²) in [6.07, 6.45) is 7.52. The highest BCUT2D eigenvalue weighted by Gasteiger charge is 2.17. The molecule has 1 fully saturated rings. The van der Waals surface area contributed by atoms with Gasteiger partial charge in [0.15, 0.2) is 0 Å². The van der Waals surface area contributed by atoms with Gasteiger partial charge in [-0.2, -0.15) is 0 Å². The van der Waals surface area contributed by atoms with E-state index >= 15 is 0 Å². The SMILES string of the molecule is CSc1ccc(S(=O)(=O)NCCCOC2CCCC2)cc1NC(C)=O. The minimum atomic E-state index is -3.61. The van der Waals surface area contributed by atoms with Gasteiger partial charge in [0.1, 0.15) is 0 Å². The van der Waals surface area contributed by atoms with Crippen molar-refractivity contribution in [3.05, 3.63) is 18.2 Å². The lowest BCUT2D eigenvalue weighted by Crippen LogP contribution is -2.26. The van der Waals surface area contributed by atoms with E-state index in [9.17, 15) is 13.2 Å². The van der Waals surface area contributed by atoms with Crippen LogP contribution < -0.4 is 10.0 Å². The van der Waals surface area contributed by atoms with Crippen LogP contribution in [0.5, 0.6) is 0 Å². The number of carbonyl (C=O) groups excluding carboxylic acids is 1. The summed E-state index contributed by atoms with van der Waals surface area (Å²) in [4.78, 5) is 12.3. The van der Waals surface area contributed by atoms with E-state index in [2.05, 4.69) is 10.0 Å². The Morgan fingerprint density at radius 2 is 2.04 bits per heavy atom. The van der Waals surface area contributed by atoms with Crippen molar-refractivity contribution in [2.75, 3.05) is 24.7 Å². The Labute approximate surface area is 154 Å². The van der Waals surface area contributed by atoms with Crippen LogP contribution in [0.25, 0.3) is 0 Å². The third kappa shape index (κ3) is 6.29. The van der Waals surface area contributed by atoms with Crippen molar-refractivity contribution in [2.24, 2.45) is 0 Å². The van der Waals surface area contributed by atoms with Gasteiger partial charge >= 0.3 is 0 Å². The number of hydrogen-bond donors (Lipinski definition) is 2. The van der Waals surface area contributed by atoms with Crippen LogP contribution in [0.1, 0.15) is 39.0 Å². The lowest BCUT2D eigenvalue weighted by Gasteiger charge is -2.13. The molecule has 25 heavy (non-hydrogen) atoms. The number of benzene rings is 1. The van der Waals surface area contributed by atoms with Crippen molar-refractivity contribution in [1.29, 1.82) is 0 Å². The molecule has 8 heteroatoms. The molecule has 0 aromatic heterocycles. The van der Waals surface area contributed by atoms with E-state index in [0.717, 1.165) is 17.7 Å². The first kappa shape index (κ1) is 20.2. The maximum absolute atomic E-state index is 12.4. The Balaban J connectivity index is 1.90. The number of thioether (sulfide) groups is 1. The maximum Gasteiger partial charge on any atom is 0.240 e. The fraction of sp³-hybridized carbons (Fsp3) is 0.588. The van der Waals surface area contributed by atoms with Gasteiger partial charge in [0.2, 0.25) is 15.9 Å². The third-order valence-electron chi connectivity index (χ3n) is 4.06. The molecular weight excluding hydrogens is 360 g/mol. The first-order chi connectivity index (χ1) is 11.9. The number of rotatable bonds is 9. The van der Waals surface area contributed by atoms with E-state index in [1.54, 1.807) is 12.1 Å². The summed E-state index contributed by atoms with van der Waals surface area (Å²) < 4.78 is 33.2. The highest BCUT2D eigenvalue weighted by Crippen LogP contribution is 2.28. The van der Waals surface area contributed by atoms with Gasteiger partial charge in [-0.05, 0) is 43.7 Å². The number of sulfonamides is 1. The average molecular weight is 387 g/mol. The molecule has 0 atom stereocenters. The summed E-state index contributed by atoms with van der Waals surface area (Å²) in [6.45, 7) is 2.29. The molecule has 1 aromatic carbocycles. The number of ether oxygens (including phenoxy) is 1. The quantitative estimate of drug-likeness (QED) is 0.503. The second-order valence-corrected chi connectivity index (χ2v) is 8.69. The standard InChI is InChI=1S/C17H26N2O4S2/c1-13(20)19-16-12-15(8-9-17(16)24-2)25(21,22)18-10-5-11-23-14-6-3-4-7-14/h8-9,12,14,18H,3-7,10-11H2,1-2H3,(H,19,20). The number of amides is 1. The average Bonchev–Trinajstić information content (AvgIpc) is 3.07. The maximum atomic E-state index is 12.4. The zero-order valence-electron chi connectivity index (χ0n) is 14.7. The third-order valence-corrected chi connectivity index (χ3v) is 6.32. The Hall–Kier alpha value is -1.09. The molecule has 1 aliphatic rings. The number of carbonyl (C=O) groups is 1. The smallest absolute Gasteiger partial charge is 0.240 e. The fourth-order valence-electron chi connectivity index (χ4n) is 2.81. The van der Waals surface area contributed by atoms with Gasteiger partial charge in [0.25, 0.3) is 0 Å². The first-order valence-corrected chi connectivity index (χ1v) is 11.2. The van der Waals surface area contributed by atoms with Crippen molar-refractivity contribution in [3.63, 3.8) is 0 Å². The molecule has 1 saturated carbocycles. The highest BCUT2D eigenvalue weighted by molar-refractivity contribution is 7.98. The molecule has 140 valence electrons. The van der Waals surface area contributed by atoms with Crippen molar-refractivity contribution < 1.29 is 17.9 Å². The lowest BCUT2D eigenvalue weighted by molar-refractivity contribution is -0.114. The summed E-state index contributed by atoms with van der Waals surface area (Å²) in [5.41, 5.74) is 0.507. The van der Waals surface area contributed by atoms with Crippen LogP contribution in [0, 0.1) is 0 Å². The van der Waals surface area contributed by atoms with Crippen LogP contribution in [0.15, 0.2) is 28.0 Å². The van der Waals surface area contributed by atoms with Crippen LogP contribution in [-0.4, -0.2) is 39.8 Å². The van der Waals surface area contributed by atoms with E-state index < -0.39 is 10.0 Å². The van der Waals surface area contributed by atoms with Crippen LogP contribution in [0.4, 0.5) is 5.69 Å². The van der Waals surface area contributed by atoms with Gasteiger partial charge in [-0.25, -0.2) is 13.1 Å². The second kappa shape index (κ2) is 9.56. The fourth-order valence-corrected chi connectivity index (χ4v) is 4.44. The zero-order chi connectivity index (χ0) is 18.3. The van der Waals surface area contributed by atoms with Gasteiger partial charge in [-0.1, -0.05) is 12.8 Å². The normalized spacial score (nSPS) is 15.4.